The summed E-state index contributed by atoms with van der Waals surface area (Å²) >= 11 is 0. The predicted molar refractivity (Wildman–Crippen MR) is 81.0 cm³/mol. The molecule has 1 saturated heterocycles. The van der Waals surface area contributed by atoms with Gasteiger partial charge in [-0.1, -0.05) is 19.4 Å². The average Bonchev–Trinajstić information content (AvgIpc) is 2.50. The van der Waals surface area contributed by atoms with E-state index < -0.39 is 15.8 Å². The van der Waals surface area contributed by atoms with E-state index in [1.807, 2.05) is 6.92 Å². The molecule has 118 valence electrons. The standard InChI is InChI=1S/C15H23FN2O2S/c1-2-8-17-12-13-6-7-14(16)11-15(13)21(19,20)18-9-4-3-5-10-18/h6-7,11,17H,2-5,8-10,12H2,1H3. The van der Waals surface area contributed by atoms with Crippen molar-refractivity contribution in [3.8, 4) is 0 Å². The normalized spacial score (nSPS) is 17.0. The second-order valence-corrected chi connectivity index (χ2v) is 7.30. The largest absolute Gasteiger partial charge is 0.313 e. The van der Waals surface area contributed by atoms with Crippen LogP contribution < -0.4 is 5.32 Å². The van der Waals surface area contributed by atoms with Gasteiger partial charge in [-0.2, -0.15) is 4.31 Å². The Morgan fingerprint density at radius 2 is 1.95 bits per heavy atom. The summed E-state index contributed by atoms with van der Waals surface area (Å²) in [6, 6.07) is 4.03. The first-order chi connectivity index (χ1) is 10.1. The molecule has 1 aromatic rings. The molecule has 2 rings (SSSR count). The molecule has 0 bridgehead atoms. The van der Waals surface area contributed by atoms with Gasteiger partial charge in [0.05, 0.1) is 4.90 Å². The highest BCUT2D eigenvalue weighted by molar-refractivity contribution is 7.89. The fourth-order valence-corrected chi connectivity index (χ4v) is 4.31. The molecule has 0 spiro atoms. The van der Waals surface area contributed by atoms with Crippen LogP contribution in [-0.4, -0.2) is 32.4 Å². The third-order valence-electron chi connectivity index (χ3n) is 3.70. The highest BCUT2D eigenvalue weighted by Crippen LogP contribution is 2.24. The lowest BCUT2D eigenvalue weighted by molar-refractivity contribution is 0.346. The van der Waals surface area contributed by atoms with Crippen LogP contribution in [0.2, 0.25) is 0 Å². The molecule has 21 heavy (non-hydrogen) atoms. The van der Waals surface area contributed by atoms with Crippen molar-refractivity contribution in [1.29, 1.82) is 0 Å². The summed E-state index contributed by atoms with van der Waals surface area (Å²) < 4.78 is 40.5. The maximum atomic E-state index is 13.5. The molecular weight excluding hydrogens is 291 g/mol. The Morgan fingerprint density at radius 3 is 2.62 bits per heavy atom. The maximum Gasteiger partial charge on any atom is 0.243 e. The molecule has 1 aliphatic heterocycles. The number of rotatable bonds is 6. The van der Waals surface area contributed by atoms with Gasteiger partial charge in [0.15, 0.2) is 0 Å². The van der Waals surface area contributed by atoms with Crippen molar-refractivity contribution in [3.05, 3.63) is 29.6 Å². The van der Waals surface area contributed by atoms with Gasteiger partial charge in [0.25, 0.3) is 0 Å². The fraction of sp³-hybridized carbons (Fsp3) is 0.600. The number of halogens is 1. The number of hydrogen-bond donors (Lipinski definition) is 1. The Labute approximate surface area is 126 Å². The Balaban J connectivity index is 2.29. The van der Waals surface area contributed by atoms with Crippen LogP contribution in [0.25, 0.3) is 0 Å². The number of sulfonamides is 1. The summed E-state index contributed by atoms with van der Waals surface area (Å²) in [7, 11) is -3.60. The van der Waals surface area contributed by atoms with E-state index in [0.717, 1.165) is 38.3 Å². The zero-order chi connectivity index (χ0) is 15.3. The fourth-order valence-electron chi connectivity index (χ4n) is 2.56. The molecule has 1 N–H and O–H groups in total. The van der Waals surface area contributed by atoms with E-state index in [1.165, 1.54) is 10.4 Å². The molecule has 1 heterocycles. The summed E-state index contributed by atoms with van der Waals surface area (Å²) in [5.41, 5.74) is 0.635. The van der Waals surface area contributed by atoms with E-state index in [0.29, 0.717) is 25.2 Å². The molecular formula is C15H23FN2O2S. The second kappa shape index (κ2) is 7.33. The van der Waals surface area contributed by atoms with Crippen LogP contribution in [0.15, 0.2) is 23.1 Å². The van der Waals surface area contributed by atoms with Crippen LogP contribution >= 0.6 is 0 Å². The molecule has 0 aliphatic carbocycles. The molecule has 6 heteroatoms. The first-order valence-electron chi connectivity index (χ1n) is 7.55. The summed E-state index contributed by atoms with van der Waals surface area (Å²) in [6.45, 7) is 4.35. The van der Waals surface area contributed by atoms with Crippen LogP contribution in [0, 0.1) is 5.82 Å². The monoisotopic (exact) mass is 314 g/mol. The minimum Gasteiger partial charge on any atom is -0.313 e. The number of benzene rings is 1. The van der Waals surface area contributed by atoms with Gasteiger partial charge in [-0.15, -0.1) is 0 Å². The molecule has 0 unspecified atom stereocenters. The number of nitrogens with one attached hydrogen (secondary N) is 1. The third-order valence-corrected chi connectivity index (χ3v) is 5.69. The zero-order valence-corrected chi connectivity index (χ0v) is 13.3. The van der Waals surface area contributed by atoms with Crippen LogP contribution in [0.4, 0.5) is 4.39 Å². The summed E-state index contributed by atoms with van der Waals surface area (Å²) in [5, 5.41) is 3.18. The Kier molecular flexibility index (Phi) is 5.72. The summed E-state index contributed by atoms with van der Waals surface area (Å²) in [6.07, 6.45) is 3.77. The quantitative estimate of drug-likeness (QED) is 0.821. The van der Waals surface area contributed by atoms with E-state index in [9.17, 15) is 12.8 Å². The van der Waals surface area contributed by atoms with Gasteiger partial charge in [0, 0.05) is 19.6 Å². The Morgan fingerprint density at radius 1 is 1.24 bits per heavy atom. The molecule has 0 saturated carbocycles. The van der Waals surface area contributed by atoms with Crippen molar-refractivity contribution in [2.45, 2.75) is 44.0 Å². The molecule has 0 radical (unpaired) electrons. The second-order valence-electron chi connectivity index (χ2n) is 5.39. The van der Waals surface area contributed by atoms with E-state index in [4.69, 9.17) is 0 Å². The lowest BCUT2D eigenvalue weighted by Gasteiger charge is -2.27. The minimum absolute atomic E-state index is 0.105. The Bertz CT molecular complexity index is 569. The van der Waals surface area contributed by atoms with Gasteiger partial charge in [0.1, 0.15) is 5.82 Å². The molecule has 1 fully saturated rings. The number of nitrogens with zero attached hydrogens (tertiary/aromatic N) is 1. The van der Waals surface area contributed by atoms with E-state index >= 15 is 0 Å². The maximum absolute atomic E-state index is 13.5. The van der Waals surface area contributed by atoms with Crippen LogP contribution in [0.5, 0.6) is 0 Å². The average molecular weight is 314 g/mol. The predicted octanol–water partition coefficient (Wildman–Crippen LogP) is 2.50. The molecule has 4 nitrogen and oxygen atoms in total. The van der Waals surface area contributed by atoms with Crippen molar-refractivity contribution >= 4 is 10.0 Å². The zero-order valence-electron chi connectivity index (χ0n) is 12.4. The third kappa shape index (κ3) is 4.02. The highest BCUT2D eigenvalue weighted by atomic mass is 32.2. The smallest absolute Gasteiger partial charge is 0.243 e. The first kappa shape index (κ1) is 16.4. The van der Waals surface area contributed by atoms with Crippen LogP contribution in [0.1, 0.15) is 38.2 Å². The van der Waals surface area contributed by atoms with Gasteiger partial charge >= 0.3 is 0 Å². The number of hydrogen-bond acceptors (Lipinski definition) is 3. The van der Waals surface area contributed by atoms with Crippen molar-refractivity contribution in [1.82, 2.24) is 9.62 Å². The van der Waals surface area contributed by atoms with E-state index in [2.05, 4.69) is 5.32 Å². The number of piperidine rings is 1. The molecule has 0 atom stereocenters. The summed E-state index contributed by atoms with van der Waals surface area (Å²) in [5.74, 6) is -0.509. The van der Waals surface area contributed by atoms with Gasteiger partial charge in [0.2, 0.25) is 10.0 Å². The molecule has 0 amide bonds. The van der Waals surface area contributed by atoms with Crippen molar-refractivity contribution in [3.63, 3.8) is 0 Å². The van der Waals surface area contributed by atoms with Crippen LogP contribution in [-0.2, 0) is 16.6 Å². The van der Waals surface area contributed by atoms with Crippen molar-refractivity contribution in [2.75, 3.05) is 19.6 Å². The SMILES string of the molecule is CCCNCc1ccc(F)cc1S(=O)(=O)N1CCCCC1. The van der Waals surface area contributed by atoms with E-state index in [1.54, 1.807) is 6.07 Å². The lowest BCUT2D eigenvalue weighted by Crippen LogP contribution is -2.36. The van der Waals surface area contributed by atoms with Crippen LogP contribution in [0.3, 0.4) is 0 Å². The Hall–Kier alpha value is -0.980. The highest BCUT2D eigenvalue weighted by Gasteiger charge is 2.28. The van der Waals surface area contributed by atoms with Gasteiger partial charge in [-0.25, -0.2) is 12.8 Å². The van der Waals surface area contributed by atoms with Gasteiger partial charge in [-0.05, 0) is 43.5 Å². The molecule has 0 aromatic heterocycles. The first-order valence-corrected chi connectivity index (χ1v) is 8.99. The molecule has 1 aromatic carbocycles. The summed E-state index contributed by atoms with van der Waals surface area (Å²) in [4.78, 5) is 0.105. The van der Waals surface area contributed by atoms with E-state index in [-0.39, 0.29) is 4.90 Å². The topological polar surface area (TPSA) is 49.4 Å². The lowest BCUT2D eigenvalue weighted by atomic mass is 10.2. The van der Waals surface area contributed by atoms with Gasteiger partial charge < -0.3 is 5.32 Å². The minimum atomic E-state index is -3.60. The van der Waals surface area contributed by atoms with Crippen molar-refractivity contribution < 1.29 is 12.8 Å². The molecule has 1 aliphatic rings. The van der Waals surface area contributed by atoms with Gasteiger partial charge in [-0.3, -0.25) is 0 Å². The van der Waals surface area contributed by atoms with Crippen molar-refractivity contribution in [2.24, 2.45) is 0 Å².